The van der Waals surface area contributed by atoms with Crippen molar-refractivity contribution in [1.82, 2.24) is 0 Å². The van der Waals surface area contributed by atoms with Crippen LogP contribution in [0.3, 0.4) is 0 Å². The monoisotopic (exact) mass is 368 g/mol. The second kappa shape index (κ2) is 7.73. The Morgan fingerprint density at radius 3 is 2.59 bits per heavy atom. The molecular formula is C25H30F2. The highest BCUT2D eigenvalue weighted by molar-refractivity contribution is 5.85. The topological polar surface area (TPSA) is 0 Å². The molecule has 0 amide bonds. The number of allylic oxidation sites excluding steroid dienone is 1. The number of rotatable bonds is 4. The van der Waals surface area contributed by atoms with Crippen molar-refractivity contribution in [3.8, 4) is 0 Å². The fourth-order valence-electron chi connectivity index (χ4n) is 5.52. The van der Waals surface area contributed by atoms with Crippen LogP contribution in [0.15, 0.2) is 36.9 Å². The Balaban J connectivity index is 1.60. The summed E-state index contributed by atoms with van der Waals surface area (Å²) in [7, 11) is 0. The zero-order valence-corrected chi connectivity index (χ0v) is 16.3. The molecule has 0 nitrogen and oxygen atoms in total. The summed E-state index contributed by atoms with van der Waals surface area (Å²) in [6, 6.07) is 7.86. The van der Waals surface area contributed by atoms with E-state index >= 15 is 0 Å². The summed E-state index contributed by atoms with van der Waals surface area (Å²) in [5, 5.41) is 1.24. The Labute approximate surface area is 161 Å². The van der Waals surface area contributed by atoms with E-state index in [2.05, 4.69) is 19.6 Å². The van der Waals surface area contributed by atoms with Crippen molar-refractivity contribution in [3.63, 3.8) is 0 Å². The number of halogens is 2. The third-order valence-electron chi connectivity index (χ3n) is 7.08. The molecule has 0 N–H and O–H groups in total. The van der Waals surface area contributed by atoms with E-state index in [0.29, 0.717) is 29.7 Å². The molecule has 2 aromatic carbocycles. The van der Waals surface area contributed by atoms with E-state index in [1.54, 1.807) is 12.1 Å². The van der Waals surface area contributed by atoms with E-state index in [4.69, 9.17) is 0 Å². The van der Waals surface area contributed by atoms with Gasteiger partial charge in [-0.25, -0.2) is 8.78 Å². The Morgan fingerprint density at radius 2 is 1.78 bits per heavy atom. The minimum Gasteiger partial charge on any atom is -0.203 e. The van der Waals surface area contributed by atoms with Gasteiger partial charge in [0.05, 0.1) is 0 Å². The Kier molecular flexibility index (Phi) is 5.34. The summed E-state index contributed by atoms with van der Waals surface area (Å²) < 4.78 is 29.2. The first-order valence-corrected chi connectivity index (χ1v) is 10.6. The molecule has 0 radical (unpaired) electrons. The van der Waals surface area contributed by atoms with Crippen molar-refractivity contribution in [3.05, 3.63) is 59.7 Å². The zero-order chi connectivity index (χ0) is 19.0. The van der Waals surface area contributed by atoms with Crippen molar-refractivity contribution in [1.29, 1.82) is 0 Å². The van der Waals surface area contributed by atoms with Crippen LogP contribution >= 0.6 is 0 Å². The Bertz CT molecular complexity index is 838. The second-order valence-corrected chi connectivity index (χ2v) is 8.92. The molecule has 4 rings (SSSR count). The molecule has 2 fully saturated rings. The van der Waals surface area contributed by atoms with Gasteiger partial charge in [-0.3, -0.25) is 0 Å². The number of benzene rings is 2. The van der Waals surface area contributed by atoms with Crippen LogP contribution < -0.4 is 0 Å². The van der Waals surface area contributed by atoms with Gasteiger partial charge in [-0.1, -0.05) is 31.6 Å². The standard InChI is InChI=1S/C25H30F2/c1-3-4-5-22-14-21-11-10-20(15-23(21)25(27)24(22)26)19-9-8-17-12-16(2)6-7-18(17)13-19/h3,10-11,14-19H,1,4-9,12-13H2,2H3. The summed E-state index contributed by atoms with van der Waals surface area (Å²) in [6.45, 7) is 6.05. The number of aryl methyl sites for hydroxylation is 1. The first-order chi connectivity index (χ1) is 13.1. The third kappa shape index (κ3) is 3.68. The minimum absolute atomic E-state index is 0.437. The van der Waals surface area contributed by atoms with Crippen LogP contribution in [-0.2, 0) is 6.42 Å². The summed E-state index contributed by atoms with van der Waals surface area (Å²) in [5.74, 6) is 1.69. The average Bonchev–Trinajstić information content (AvgIpc) is 2.69. The molecule has 0 heterocycles. The molecule has 4 atom stereocenters. The van der Waals surface area contributed by atoms with Crippen molar-refractivity contribution in [2.75, 3.05) is 0 Å². The summed E-state index contributed by atoms with van der Waals surface area (Å²) in [5.41, 5.74) is 1.64. The fourth-order valence-corrected chi connectivity index (χ4v) is 5.52. The van der Waals surface area contributed by atoms with Crippen LogP contribution in [0.1, 0.15) is 68.9 Å². The van der Waals surface area contributed by atoms with Gasteiger partial charge in [-0.05, 0) is 97.3 Å². The first-order valence-electron chi connectivity index (χ1n) is 10.6. The Hall–Kier alpha value is -1.70. The van der Waals surface area contributed by atoms with Gasteiger partial charge in [0.15, 0.2) is 11.6 Å². The first kappa shape index (κ1) is 18.7. The molecule has 0 aromatic heterocycles. The molecule has 2 heteroatoms. The van der Waals surface area contributed by atoms with E-state index in [1.165, 1.54) is 44.1 Å². The number of fused-ring (bicyclic) bond motifs is 2. The lowest BCUT2D eigenvalue weighted by Gasteiger charge is -2.41. The van der Waals surface area contributed by atoms with Gasteiger partial charge in [-0.15, -0.1) is 6.58 Å². The van der Waals surface area contributed by atoms with Crippen molar-refractivity contribution in [2.24, 2.45) is 17.8 Å². The lowest BCUT2D eigenvalue weighted by Crippen LogP contribution is -2.29. The minimum atomic E-state index is -0.688. The molecule has 0 spiro atoms. The van der Waals surface area contributed by atoms with Crippen LogP contribution in [0.2, 0.25) is 0 Å². The normalized spacial score (nSPS) is 28.1. The number of hydrogen-bond acceptors (Lipinski definition) is 0. The summed E-state index contributed by atoms with van der Waals surface area (Å²) >= 11 is 0. The molecule has 0 aliphatic heterocycles. The van der Waals surface area contributed by atoms with Crippen LogP contribution in [0.5, 0.6) is 0 Å². The molecule has 144 valence electrons. The molecule has 0 saturated heterocycles. The highest BCUT2D eigenvalue weighted by atomic mass is 19.2. The molecule has 2 saturated carbocycles. The largest absolute Gasteiger partial charge is 0.203 e. The van der Waals surface area contributed by atoms with Crippen LogP contribution in [0, 0.1) is 29.4 Å². The van der Waals surface area contributed by atoms with Crippen LogP contribution in [0.25, 0.3) is 10.8 Å². The highest BCUT2D eigenvalue weighted by Gasteiger charge is 2.34. The van der Waals surface area contributed by atoms with Gasteiger partial charge in [0.1, 0.15) is 0 Å². The lowest BCUT2D eigenvalue weighted by atomic mass is 9.64. The van der Waals surface area contributed by atoms with E-state index in [-0.39, 0.29) is 0 Å². The Morgan fingerprint density at radius 1 is 1.00 bits per heavy atom. The van der Waals surface area contributed by atoms with Gasteiger partial charge >= 0.3 is 0 Å². The predicted octanol–water partition coefficient (Wildman–Crippen LogP) is 7.56. The van der Waals surface area contributed by atoms with Gasteiger partial charge < -0.3 is 0 Å². The molecule has 2 aliphatic rings. The SMILES string of the molecule is C=CCCc1cc2ccc(C3CCC4CC(C)CCC4C3)cc2c(F)c1F. The quantitative estimate of drug-likeness (QED) is 0.489. The van der Waals surface area contributed by atoms with Gasteiger partial charge in [0.2, 0.25) is 0 Å². The molecule has 2 aromatic rings. The van der Waals surface area contributed by atoms with Gasteiger partial charge in [-0.2, -0.15) is 0 Å². The molecule has 27 heavy (non-hydrogen) atoms. The third-order valence-corrected chi connectivity index (χ3v) is 7.08. The molecule has 2 aliphatic carbocycles. The van der Waals surface area contributed by atoms with E-state index in [0.717, 1.165) is 23.1 Å². The van der Waals surface area contributed by atoms with Crippen LogP contribution in [0.4, 0.5) is 8.78 Å². The fraction of sp³-hybridized carbons (Fsp3) is 0.520. The molecular weight excluding hydrogens is 338 g/mol. The lowest BCUT2D eigenvalue weighted by molar-refractivity contribution is 0.124. The smallest absolute Gasteiger partial charge is 0.166 e. The predicted molar refractivity (Wildman–Crippen MR) is 109 cm³/mol. The maximum atomic E-state index is 14.7. The van der Waals surface area contributed by atoms with E-state index < -0.39 is 11.6 Å². The zero-order valence-electron chi connectivity index (χ0n) is 16.3. The summed E-state index contributed by atoms with van der Waals surface area (Å²) in [6.07, 6.45) is 10.6. The molecule has 4 unspecified atom stereocenters. The average molecular weight is 369 g/mol. The highest BCUT2D eigenvalue weighted by Crippen LogP contribution is 2.47. The van der Waals surface area contributed by atoms with E-state index in [9.17, 15) is 8.78 Å². The maximum absolute atomic E-state index is 14.7. The van der Waals surface area contributed by atoms with Crippen molar-refractivity contribution >= 4 is 10.8 Å². The van der Waals surface area contributed by atoms with Crippen LogP contribution in [-0.4, -0.2) is 0 Å². The molecule has 0 bridgehead atoms. The maximum Gasteiger partial charge on any atom is 0.166 e. The summed E-state index contributed by atoms with van der Waals surface area (Å²) in [4.78, 5) is 0. The van der Waals surface area contributed by atoms with Gasteiger partial charge in [0.25, 0.3) is 0 Å². The van der Waals surface area contributed by atoms with Gasteiger partial charge in [0, 0.05) is 5.39 Å². The second-order valence-electron chi connectivity index (χ2n) is 8.92. The van der Waals surface area contributed by atoms with Crippen molar-refractivity contribution < 1.29 is 8.78 Å². The van der Waals surface area contributed by atoms with E-state index in [1.807, 2.05) is 12.1 Å². The number of hydrogen-bond donors (Lipinski definition) is 0. The van der Waals surface area contributed by atoms with Crippen molar-refractivity contribution in [2.45, 2.75) is 64.2 Å².